The van der Waals surface area contributed by atoms with Crippen LogP contribution in [-0.4, -0.2) is 41.6 Å². The van der Waals surface area contributed by atoms with Crippen molar-refractivity contribution < 1.29 is 28.3 Å². The molecule has 1 aromatic heterocycles. The van der Waals surface area contributed by atoms with Crippen LogP contribution in [0.25, 0.3) is 17.4 Å². The molecule has 0 N–H and O–H groups in total. The van der Waals surface area contributed by atoms with Crippen LogP contribution in [0.4, 0.5) is 0 Å². The van der Waals surface area contributed by atoms with Gasteiger partial charge in [0.25, 0.3) is 11.8 Å². The van der Waals surface area contributed by atoms with E-state index in [1.807, 2.05) is 6.07 Å². The molecule has 1 aliphatic heterocycles. The molecule has 0 fully saturated rings. The van der Waals surface area contributed by atoms with E-state index in [1.54, 1.807) is 36.4 Å². The summed E-state index contributed by atoms with van der Waals surface area (Å²) in [6, 6.07) is 12.1. The van der Waals surface area contributed by atoms with Crippen molar-refractivity contribution in [1.82, 2.24) is 4.90 Å². The monoisotopic (exact) mass is 432 g/mol. The first kappa shape index (κ1) is 22.4. The zero-order valence-corrected chi connectivity index (χ0v) is 17.8. The van der Waals surface area contributed by atoms with E-state index in [2.05, 4.69) is 0 Å². The molecule has 0 saturated heterocycles. The Kier molecular flexibility index (Phi) is 6.50. The minimum Gasteiger partial charge on any atom is -0.464 e. The van der Waals surface area contributed by atoms with Gasteiger partial charge in [-0.15, -0.1) is 0 Å². The molecule has 2 amide bonds. The van der Waals surface area contributed by atoms with E-state index in [-0.39, 0.29) is 35.7 Å². The largest absolute Gasteiger partial charge is 0.464 e. The van der Waals surface area contributed by atoms with Crippen molar-refractivity contribution in [2.24, 2.45) is 0 Å². The molecule has 2 aromatic rings. The van der Waals surface area contributed by atoms with Gasteiger partial charge in [-0.3, -0.25) is 24.1 Å². The highest BCUT2D eigenvalue weighted by Crippen LogP contribution is 2.29. The molecule has 1 aromatic carbocycles. The summed E-state index contributed by atoms with van der Waals surface area (Å²) in [4.78, 5) is 48.8. The Labute approximate surface area is 184 Å². The molecule has 2 heterocycles. The Balaban J connectivity index is 1.92. The van der Waals surface area contributed by atoms with E-state index < -0.39 is 17.8 Å². The lowest BCUT2D eigenvalue weighted by Gasteiger charge is -2.27. The first-order valence-electron chi connectivity index (χ1n) is 9.76. The Bertz CT molecular complexity index is 1210. The zero-order chi connectivity index (χ0) is 23.4. The van der Waals surface area contributed by atoms with Crippen molar-refractivity contribution in [3.05, 3.63) is 64.4 Å². The number of nitriles is 1. The van der Waals surface area contributed by atoms with Crippen molar-refractivity contribution in [3.63, 3.8) is 0 Å². The normalized spacial score (nSPS) is 15.2. The van der Waals surface area contributed by atoms with Crippen molar-refractivity contribution in [2.75, 3.05) is 13.2 Å². The fourth-order valence-electron chi connectivity index (χ4n) is 3.21. The van der Waals surface area contributed by atoms with E-state index in [0.29, 0.717) is 17.1 Å². The molecule has 8 heteroatoms. The molecule has 3 rings (SSSR count). The molecule has 8 nitrogen and oxygen atoms in total. The second-order valence-corrected chi connectivity index (χ2v) is 7.11. The Morgan fingerprint density at radius 1 is 1.09 bits per heavy atom. The maximum Gasteiger partial charge on any atom is 0.302 e. The van der Waals surface area contributed by atoms with E-state index in [9.17, 15) is 24.4 Å². The molecule has 0 saturated carbocycles. The number of rotatable bonds is 6. The fourth-order valence-corrected chi connectivity index (χ4v) is 3.21. The van der Waals surface area contributed by atoms with Crippen LogP contribution in [0.5, 0.6) is 0 Å². The minimum atomic E-state index is -0.731. The topological polar surface area (TPSA) is 118 Å². The highest BCUT2D eigenvalue weighted by molar-refractivity contribution is 6.19. The van der Waals surface area contributed by atoms with Crippen LogP contribution in [0, 0.1) is 11.3 Å². The van der Waals surface area contributed by atoms with Gasteiger partial charge in [-0.25, -0.2) is 0 Å². The third kappa shape index (κ3) is 4.57. The van der Waals surface area contributed by atoms with Gasteiger partial charge in [-0.05, 0) is 37.6 Å². The third-order valence-electron chi connectivity index (χ3n) is 4.93. The fraction of sp³-hybridized carbons (Fsp3) is 0.208. The van der Waals surface area contributed by atoms with Crippen LogP contribution in [0.3, 0.4) is 0 Å². The zero-order valence-electron chi connectivity index (χ0n) is 17.8. The molecule has 0 spiro atoms. The Morgan fingerprint density at radius 2 is 1.78 bits per heavy atom. The van der Waals surface area contributed by atoms with Crippen LogP contribution in [0.2, 0.25) is 0 Å². The number of benzene rings is 1. The number of imide groups is 1. The molecule has 0 bridgehead atoms. The number of amides is 2. The molecule has 0 radical (unpaired) electrons. The van der Waals surface area contributed by atoms with E-state index in [0.717, 1.165) is 10.5 Å². The molecule has 1 aliphatic rings. The summed E-state index contributed by atoms with van der Waals surface area (Å²) in [7, 11) is 0. The third-order valence-corrected chi connectivity index (χ3v) is 4.93. The number of hydrogen-bond donors (Lipinski definition) is 0. The summed E-state index contributed by atoms with van der Waals surface area (Å²) >= 11 is 0. The number of carbonyl (C=O) groups excluding carboxylic acids is 4. The second-order valence-electron chi connectivity index (χ2n) is 7.11. The summed E-state index contributed by atoms with van der Waals surface area (Å²) in [5.74, 6) is -1.04. The predicted octanol–water partition coefficient (Wildman–Crippen LogP) is 3.30. The van der Waals surface area contributed by atoms with Crippen LogP contribution >= 0.6 is 0 Å². The standard InChI is InChI=1S/C24H20N2O6/c1-14-20(23(29)26(10-11-31-16(3)28)24(30)21(14)13-25)12-19-8-9-22(32-19)18-6-4-17(5-7-18)15(2)27/h4-9,12H,10-11H2,1-3H3. The smallest absolute Gasteiger partial charge is 0.302 e. The van der Waals surface area contributed by atoms with E-state index in [1.165, 1.54) is 26.8 Å². The molecular formula is C24H20N2O6. The maximum absolute atomic E-state index is 12.9. The van der Waals surface area contributed by atoms with Gasteiger partial charge in [0.2, 0.25) is 0 Å². The second kappa shape index (κ2) is 9.27. The quantitative estimate of drug-likeness (QED) is 0.297. The van der Waals surface area contributed by atoms with Crippen molar-refractivity contribution in [2.45, 2.75) is 20.8 Å². The van der Waals surface area contributed by atoms with Crippen LogP contribution < -0.4 is 0 Å². The van der Waals surface area contributed by atoms with Gasteiger partial charge >= 0.3 is 5.97 Å². The molecule has 0 unspecified atom stereocenters. The van der Waals surface area contributed by atoms with Crippen molar-refractivity contribution in [1.29, 1.82) is 5.26 Å². The number of carbonyl (C=O) groups is 4. The highest BCUT2D eigenvalue weighted by Gasteiger charge is 2.35. The van der Waals surface area contributed by atoms with Gasteiger partial charge in [0.15, 0.2) is 5.78 Å². The predicted molar refractivity (Wildman–Crippen MR) is 114 cm³/mol. The van der Waals surface area contributed by atoms with Gasteiger partial charge < -0.3 is 9.15 Å². The van der Waals surface area contributed by atoms with Crippen LogP contribution in [0.1, 0.15) is 36.9 Å². The van der Waals surface area contributed by atoms with Gasteiger partial charge in [0, 0.05) is 23.6 Å². The first-order chi connectivity index (χ1) is 15.2. The van der Waals surface area contributed by atoms with Gasteiger partial charge in [0.1, 0.15) is 29.8 Å². The highest BCUT2D eigenvalue weighted by atomic mass is 16.5. The van der Waals surface area contributed by atoms with E-state index >= 15 is 0 Å². The lowest BCUT2D eigenvalue weighted by molar-refractivity contribution is -0.147. The molecule has 162 valence electrons. The first-order valence-corrected chi connectivity index (χ1v) is 9.76. The SMILES string of the molecule is CC(=O)OCCN1C(=O)C(=Cc2ccc(-c3ccc(C(C)=O)cc3)o2)C(C)=C(C#N)C1=O. The number of ether oxygens (including phenoxy) is 1. The van der Waals surface area contributed by atoms with E-state index in [4.69, 9.17) is 9.15 Å². The Hall–Kier alpha value is -4.25. The van der Waals surface area contributed by atoms with Gasteiger partial charge in [-0.2, -0.15) is 5.26 Å². The summed E-state index contributed by atoms with van der Waals surface area (Å²) in [5.41, 5.74) is 1.55. The Morgan fingerprint density at radius 3 is 2.38 bits per heavy atom. The maximum atomic E-state index is 12.9. The number of Topliss-reactive ketones (excluding diaryl/α,β-unsaturated/α-hetero) is 1. The average Bonchev–Trinajstić information content (AvgIpc) is 3.22. The number of furan rings is 1. The summed E-state index contributed by atoms with van der Waals surface area (Å²) in [5, 5.41) is 9.42. The minimum absolute atomic E-state index is 0.0411. The van der Waals surface area contributed by atoms with Crippen molar-refractivity contribution in [3.8, 4) is 17.4 Å². The number of nitrogens with zero attached hydrogens (tertiary/aromatic N) is 2. The lowest BCUT2D eigenvalue weighted by Crippen LogP contribution is -2.44. The summed E-state index contributed by atoms with van der Waals surface area (Å²) in [6.45, 7) is 3.89. The molecular weight excluding hydrogens is 412 g/mol. The van der Waals surface area contributed by atoms with Crippen LogP contribution in [0.15, 0.2) is 57.5 Å². The van der Waals surface area contributed by atoms with Gasteiger partial charge in [0.05, 0.1) is 6.54 Å². The number of ketones is 1. The molecule has 32 heavy (non-hydrogen) atoms. The van der Waals surface area contributed by atoms with Crippen LogP contribution in [-0.2, 0) is 19.1 Å². The van der Waals surface area contributed by atoms with Gasteiger partial charge in [-0.1, -0.05) is 24.3 Å². The molecule has 0 aliphatic carbocycles. The number of esters is 1. The van der Waals surface area contributed by atoms with Crippen molar-refractivity contribution >= 4 is 29.6 Å². The summed E-state index contributed by atoms with van der Waals surface area (Å²) < 4.78 is 10.6. The lowest BCUT2D eigenvalue weighted by atomic mass is 9.94. The number of hydrogen-bond acceptors (Lipinski definition) is 7. The molecule has 0 atom stereocenters. The average molecular weight is 432 g/mol. The summed E-state index contributed by atoms with van der Waals surface area (Å²) in [6.07, 6.45) is 1.47.